The van der Waals surface area contributed by atoms with Crippen molar-refractivity contribution in [1.82, 2.24) is 10.3 Å². The number of benzene rings is 2. The summed E-state index contributed by atoms with van der Waals surface area (Å²) in [6.45, 7) is 2.27. The maximum atomic E-state index is 11.8. The lowest BCUT2D eigenvalue weighted by Gasteiger charge is -2.08. The van der Waals surface area contributed by atoms with E-state index in [1.165, 1.54) is 0 Å². The van der Waals surface area contributed by atoms with Crippen molar-refractivity contribution in [1.29, 1.82) is 0 Å². The molecule has 2 N–H and O–H groups in total. The van der Waals surface area contributed by atoms with Crippen molar-refractivity contribution in [3.8, 4) is 5.75 Å². The molecular weight excluding hydrogens is 296 g/mol. The van der Waals surface area contributed by atoms with Crippen molar-refractivity contribution in [2.24, 2.45) is 0 Å². The third-order valence-corrected chi connectivity index (χ3v) is 3.37. The second kappa shape index (κ2) is 6.39. The predicted octanol–water partition coefficient (Wildman–Crippen LogP) is 2.12. The SMILES string of the molecule is Cc1ccc(OCC(=O)NCc2ccc3[nH]c(=O)oc3c2)cc1. The molecule has 6 nitrogen and oxygen atoms in total. The molecule has 0 aliphatic carbocycles. The van der Waals surface area contributed by atoms with Gasteiger partial charge >= 0.3 is 5.76 Å². The summed E-state index contributed by atoms with van der Waals surface area (Å²) < 4.78 is 10.4. The average molecular weight is 312 g/mol. The summed E-state index contributed by atoms with van der Waals surface area (Å²) in [5, 5.41) is 2.76. The molecule has 6 heteroatoms. The van der Waals surface area contributed by atoms with E-state index in [2.05, 4.69) is 10.3 Å². The molecular formula is C17H16N2O4. The first-order valence-electron chi connectivity index (χ1n) is 7.18. The molecule has 0 radical (unpaired) electrons. The van der Waals surface area contributed by atoms with Crippen LogP contribution in [0.4, 0.5) is 0 Å². The van der Waals surface area contributed by atoms with Gasteiger partial charge in [0.1, 0.15) is 5.75 Å². The van der Waals surface area contributed by atoms with Crippen LogP contribution in [0.15, 0.2) is 51.7 Å². The van der Waals surface area contributed by atoms with Crippen LogP contribution < -0.4 is 15.8 Å². The molecule has 1 aromatic heterocycles. The molecule has 0 fully saturated rings. The van der Waals surface area contributed by atoms with Crippen LogP contribution in [0.1, 0.15) is 11.1 Å². The fraction of sp³-hybridized carbons (Fsp3) is 0.176. The van der Waals surface area contributed by atoms with E-state index in [4.69, 9.17) is 9.15 Å². The summed E-state index contributed by atoms with van der Waals surface area (Å²) in [4.78, 5) is 25.5. The van der Waals surface area contributed by atoms with E-state index in [1.807, 2.05) is 37.3 Å². The van der Waals surface area contributed by atoms with Crippen LogP contribution in [0.3, 0.4) is 0 Å². The number of amides is 1. The molecule has 0 spiro atoms. The van der Waals surface area contributed by atoms with Gasteiger partial charge in [0.05, 0.1) is 5.52 Å². The van der Waals surface area contributed by atoms with Gasteiger partial charge in [-0.05, 0) is 36.8 Å². The van der Waals surface area contributed by atoms with Crippen LogP contribution >= 0.6 is 0 Å². The minimum Gasteiger partial charge on any atom is -0.484 e. The monoisotopic (exact) mass is 312 g/mol. The van der Waals surface area contributed by atoms with Gasteiger partial charge in [-0.3, -0.25) is 9.78 Å². The molecule has 2 aromatic carbocycles. The highest BCUT2D eigenvalue weighted by Crippen LogP contribution is 2.13. The summed E-state index contributed by atoms with van der Waals surface area (Å²) in [5.41, 5.74) is 3.07. The molecule has 3 rings (SSSR count). The highest BCUT2D eigenvalue weighted by molar-refractivity contribution is 5.78. The minimum atomic E-state index is -0.493. The van der Waals surface area contributed by atoms with Gasteiger partial charge in [-0.2, -0.15) is 0 Å². The fourth-order valence-corrected chi connectivity index (χ4v) is 2.13. The largest absolute Gasteiger partial charge is 0.484 e. The maximum Gasteiger partial charge on any atom is 0.417 e. The normalized spacial score (nSPS) is 10.7. The number of hydrogen-bond acceptors (Lipinski definition) is 4. The summed E-state index contributed by atoms with van der Waals surface area (Å²) in [6, 6.07) is 12.8. The second-order valence-electron chi connectivity index (χ2n) is 5.22. The third-order valence-electron chi connectivity index (χ3n) is 3.37. The van der Waals surface area contributed by atoms with Crippen LogP contribution in [0.2, 0.25) is 0 Å². The first-order chi connectivity index (χ1) is 11.1. The molecule has 1 heterocycles. The zero-order valence-electron chi connectivity index (χ0n) is 12.6. The lowest BCUT2D eigenvalue weighted by Crippen LogP contribution is -2.28. The first-order valence-corrected chi connectivity index (χ1v) is 7.18. The summed E-state index contributed by atoms with van der Waals surface area (Å²) >= 11 is 0. The van der Waals surface area contributed by atoms with Gasteiger partial charge in [-0.25, -0.2) is 4.79 Å². The molecule has 118 valence electrons. The highest BCUT2D eigenvalue weighted by atomic mass is 16.5. The molecule has 0 atom stereocenters. The smallest absolute Gasteiger partial charge is 0.417 e. The number of aryl methyl sites for hydroxylation is 1. The fourth-order valence-electron chi connectivity index (χ4n) is 2.13. The van der Waals surface area contributed by atoms with Gasteiger partial charge in [0.25, 0.3) is 5.91 Å². The lowest BCUT2D eigenvalue weighted by molar-refractivity contribution is -0.123. The molecule has 0 unspecified atom stereocenters. The second-order valence-corrected chi connectivity index (χ2v) is 5.22. The van der Waals surface area contributed by atoms with Crippen molar-refractivity contribution in [3.63, 3.8) is 0 Å². The van der Waals surface area contributed by atoms with Crippen molar-refractivity contribution in [3.05, 3.63) is 64.1 Å². The number of aromatic nitrogens is 1. The van der Waals surface area contributed by atoms with Crippen molar-refractivity contribution in [2.75, 3.05) is 6.61 Å². The highest BCUT2D eigenvalue weighted by Gasteiger charge is 2.05. The van der Waals surface area contributed by atoms with E-state index < -0.39 is 5.76 Å². The summed E-state index contributed by atoms with van der Waals surface area (Å²) in [5.74, 6) is -0.0601. The zero-order chi connectivity index (χ0) is 16.2. The van der Waals surface area contributed by atoms with Crippen molar-refractivity contribution >= 4 is 17.0 Å². The Bertz CT molecular complexity index is 877. The number of carbonyl (C=O) groups excluding carboxylic acids is 1. The number of H-pyrrole nitrogens is 1. The van der Waals surface area contributed by atoms with Gasteiger partial charge in [0.15, 0.2) is 12.2 Å². The third kappa shape index (κ3) is 3.79. The number of carbonyl (C=O) groups is 1. The topological polar surface area (TPSA) is 84.3 Å². The molecule has 0 bridgehead atoms. The Balaban J connectivity index is 1.53. The van der Waals surface area contributed by atoms with Crippen LogP contribution in [0.25, 0.3) is 11.1 Å². The standard InChI is InChI=1S/C17H16N2O4/c1-11-2-5-13(6-3-11)22-10-16(20)18-9-12-4-7-14-15(8-12)23-17(21)19-14/h2-8H,9-10H2,1H3,(H,18,20)(H,19,21). The number of oxazole rings is 1. The van der Waals surface area contributed by atoms with E-state index >= 15 is 0 Å². The Morgan fingerprint density at radius 3 is 2.78 bits per heavy atom. The summed E-state index contributed by atoms with van der Waals surface area (Å²) in [7, 11) is 0. The minimum absolute atomic E-state index is 0.0510. The average Bonchev–Trinajstić information content (AvgIpc) is 2.91. The van der Waals surface area contributed by atoms with Gasteiger partial charge < -0.3 is 14.5 Å². The van der Waals surface area contributed by atoms with E-state index in [-0.39, 0.29) is 12.5 Å². The number of rotatable bonds is 5. The van der Waals surface area contributed by atoms with Crippen LogP contribution in [-0.4, -0.2) is 17.5 Å². The molecule has 0 saturated heterocycles. The van der Waals surface area contributed by atoms with E-state index in [0.29, 0.717) is 23.4 Å². The molecule has 23 heavy (non-hydrogen) atoms. The van der Waals surface area contributed by atoms with Gasteiger partial charge in [-0.1, -0.05) is 23.8 Å². The lowest BCUT2D eigenvalue weighted by atomic mass is 10.2. The van der Waals surface area contributed by atoms with Crippen LogP contribution in [0.5, 0.6) is 5.75 Å². The van der Waals surface area contributed by atoms with E-state index in [9.17, 15) is 9.59 Å². The molecule has 0 aliphatic heterocycles. The quantitative estimate of drug-likeness (QED) is 0.756. The van der Waals surface area contributed by atoms with E-state index in [1.54, 1.807) is 12.1 Å². The van der Waals surface area contributed by atoms with Crippen molar-refractivity contribution in [2.45, 2.75) is 13.5 Å². The van der Waals surface area contributed by atoms with E-state index in [0.717, 1.165) is 11.1 Å². The van der Waals surface area contributed by atoms with Gasteiger partial charge in [-0.15, -0.1) is 0 Å². The zero-order valence-corrected chi connectivity index (χ0v) is 12.6. The van der Waals surface area contributed by atoms with Gasteiger partial charge in [0.2, 0.25) is 0 Å². The molecule has 0 saturated carbocycles. The number of ether oxygens (including phenoxy) is 1. The molecule has 1 amide bonds. The predicted molar refractivity (Wildman–Crippen MR) is 85.4 cm³/mol. The Hall–Kier alpha value is -3.02. The van der Waals surface area contributed by atoms with Crippen LogP contribution in [-0.2, 0) is 11.3 Å². The summed E-state index contributed by atoms with van der Waals surface area (Å²) in [6.07, 6.45) is 0. The number of hydrogen-bond donors (Lipinski definition) is 2. The number of fused-ring (bicyclic) bond motifs is 1. The number of aromatic amines is 1. The first kappa shape index (κ1) is 14.9. The Labute approximate surface area is 132 Å². The Morgan fingerprint density at radius 2 is 2.00 bits per heavy atom. The Morgan fingerprint density at radius 1 is 1.22 bits per heavy atom. The van der Waals surface area contributed by atoms with Crippen LogP contribution in [0, 0.1) is 6.92 Å². The number of nitrogens with one attached hydrogen (secondary N) is 2. The van der Waals surface area contributed by atoms with Crippen molar-refractivity contribution < 1.29 is 13.9 Å². The Kier molecular flexibility index (Phi) is 4.14. The maximum absolute atomic E-state index is 11.8. The molecule has 0 aliphatic rings. The van der Waals surface area contributed by atoms with Gasteiger partial charge in [0, 0.05) is 6.54 Å². The molecule has 3 aromatic rings.